The van der Waals surface area contributed by atoms with Crippen LogP contribution in [0.1, 0.15) is 21.3 Å². The predicted octanol–water partition coefficient (Wildman–Crippen LogP) is 2.34. The van der Waals surface area contributed by atoms with Crippen molar-refractivity contribution in [3.8, 4) is 0 Å². The number of nitrogens with zero attached hydrogens (tertiary/aromatic N) is 3. The molecule has 0 saturated carbocycles. The highest BCUT2D eigenvalue weighted by atomic mass is 15.1. The molecule has 0 spiro atoms. The molecular weight excluding hydrogens is 90.1 g/mol. The lowest BCUT2D eigenvalue weighted by Gasteiger charge is -1.82. The Bertz CT molecular complexity index is 71.0. The molecule has 0 amide bonds. The molecule has 0 rings (SSSR count). The SMILES string of the molecule is C.CC(C)N=[N+]=[N-]. The maximum atomic E-state index is 7.70. The van der Waals surface area contributed by atoms with Crippen molar-refractivity contribution in [3.05, 3.63) is 10.4 Å². The summed E-state index contributed by atoms with van der Waals surface area (Å²) in [5.74, 6) is 0. The van der Waals surface area contributed by atoms with E-state index in [0.29, 0.717) is 0 Å². The summed E-state index contributed by atoms with van der Waals surface area (Å²) >= 11 is 0. The zero-order valence-corrected chi connectivity index (χ0v) is 3.92. The van der Waals surface area contributed by atoms with Crippen molar-refractivity contribution in [2.75, 3.05) is 0 Å². The van der Waals surface area contributed by atoms with E-state index in [4.69, 9.17) is 5.53 Å². The summed E-state index contributed by atoms with van der Waals surface area (Å²) in [7, 11) is 0. The molecule has 0 saturated heterocycles. The third-order valence-corrected chi connectivity index (χ3v) is 0.283. The van der Waals surface area contributed by atoms with Gasteiger partial charge in [-0.2, -0.15) is 0 Å². The second kappa shape index (κ2) is 5.31. The van der Waals surface area contributed by atoms with E-state index in [1.165, 1.54) is 0 Å². The van der Waals surface area contributed by atoms with E-state index in [9.17, 15) is 0 Å². The Hall–Kier alpha value is -0.690. The van der Waals surface area contributed by atoms with Crippen LogP contribution in [0.3, 0.4) is 0 Å². The molecule has 0 unspecified atom stereocenters. The fraction of sp³-hybridized carbons (Fsp3) is 1.00. The fourth-order valence-electron chi connectivity index (χ4n) is 0.103. The van der Waals surface area contributed by atoms with Crippen LogP contribution in [0.2, 0.25) is 0 Å². The van der Waals surface area contributed by atoms with Gasteiger partial charge in [-0.1, -0.05) is 26.4 Å². The van der Waals surface area contributed by atoms with E-state index in [2.05, 4.69) is 10.0 Å². The molecule has 0 atom stereocenters. The number of rotatable bonds is 1. The van der Waals surface area contributed by atoms with Crippen LogP contribution in [0, 0.1) is 0 Å². The standard InChI is InChI=1S/C3H7N3.CH4/c1-3(2)5-6-4;/h3H,1-2H3;1H4. The minimum Gasteiger partial charge on any atom is -0.0912 e. The molecule has 7 heavy (non-hydrogen) atoms. The average molecular weight is 101 g/mol. The minimum atomic E-state index is 0. The second-order valence-electron chi connectivity index (χ2n) is 1.30. The Kier molecular flexibility index (Phi) is 7.27. The Morgan fingerprint density at radius 1 is 1.57 bits per heavy atom. The molecule has 0 aliphatic heterocycles. The van der Waals surface area contributed by atoms with E-state index < -0.39 is 0 Å². The highest BCUT2D eigenvalue weighted by molar-refractivity contribution is 4.49. The molecule has 0 N–H and O–H groups in total. The summed E-state index contributed by atoms with van der Waals surface area (Å²) in [5.41, 5.74) is 7.70. The maximum Gasteiger partial charge on any atom is 0.0317 e. The van der Waals surface area contributed by atoms with Gasteiger partial charge in [-0.25, -0.2) is 0 Å². The maximum absolute atomic E-state index is 7.70. The minimum absolute atomic E-state index is 0. The summed E-state index contributed by atoms with van der Waals surface area (Å²) < 4.78 is 0. The zero-order valence-electron chi connectivity index (χ0n) is 3.92. The Morgan fingerprint density at radius 3 is 2.00 bits per heavy atom. The van der Waals surface area contributed by atoms with Crippen molar-refractivity contribution in [2.24, 2.45) is 5.11 Å². The number of hydrogen-bond donors (Lipinski definition) is 0. The van der Waals surface area contributed by atoms with Crippen molar-refractivity contribution in [1.29, 1.82) is 0 Å². The van der Waals surface area contributed by atoms with Crippen LogP contribution < -0.4 is 0 Å². The van der Waals surface area contributed by atoms with Gasteiger partial charge in [0, 0.05) is 11.0 Å². The lowest BCUT2D eigenvalue weighted by Crippen LogP contribution is -1.81. The molecule has 0 aromatic heterocycles. The quantitative estimate of drug-likeness (QED) is 0.276. The van der Waals surface area contributed by atoms with E-state index >= 15 is 0 Å². The molecule has 0 aromatic carbocycles. The van der Waals surface area contributed by atoms with Gasteiger partial charge in [0.2, 0.25) is 0 Å². The van der Waals surface area contributed by atoms with Gasteiger partial charge in [0.05, 0.1) is 0 Å². The van der Waals surface area contributed by atoms with Crippen molar-refractivity contribution in [1.82, 2.24) is 0 Å². The van der Waals surface area contributed by atoms with E-state index in [1.54, 1.807) is 0 Å². The van der Waals surface area contributed by atoms with Gasteiger partial charge in [0.1, 0.15) is 0 Å². The lowest BCUT2D eigenvalue weighted by atomic mass is 10.4. The van der Waals surface area contributed by atoms with E-state index in [1.807, 2.05) is 13.8 Å². The molecular formula is C4H11N3. The molecule has 3 nitrogen and oxygen atoms in total. The smallest absolute Gasteiger partial charge is 0.0317 e. The summed E-state index contributed by atoms with van der Waals surface area (Å²) in [5, 5.41) is 3.31. The molecule has 0 bridgehead atoms. The van der Waals surface area contributed by atoms with Crippen LogP contribution in [-0.4, -0.2) is 6.04 Å². The third-order valence-electron chi connectivity index (χ3n) is 0.283. The summed E-state index contributed by atoms with van der Waals surface area (Å²) in [6.07, 6.45) is 0. The first-order valence-electron chi connectivity index (χ1n) is 1.81. The molecule has 0 aliphatic rings. The topological polar surface area (TPSA) is 48.8 Å². The van der Waals surface area contributed by atoms with Crippen LogP contribution in [0.5, 0.6) is 0 Å². The van der Waals surface area contributed by atoms with Gasteiger partial charge in [-0.05, 0) is 5.53 Å². The highest BCUT2D eigenvalue weighted by Gasteiger charge is 1.78. The van der Waals surface area contributed by atoms with Gasteiger partial charge in [0.15, 0.2) is 0 Å². The van der Waals surface area contributed by atoms with Crippen LogP contribution in [0.4, 0.5) is 0 Å². The van der Waals surface area contributed by atoms with Gasteiger partial charge >= 0.3 is 0 Å². The number of azide groups is 1. The Labute approximate surface area is 44.0 Å². The normalized spacial score (nSPS) is 6.71. The van der Waals surface area contributed by atoms with Gasteiger partial charge in [-0.3, -0.25) is 0 Å². The molecule has 0 fully saturated rings. The van der Waals surface area contributed by atoms with Crippen molar-refractivity contribution in [2.45, 2.75) is 27.3 Å². The van der Waals surface area contributed by atoms with Crippen molar-refractivity contribution >= 4 is 0 Å². The first-order valence-corrected chi connectivity index (χ1v) is 1.81. The molecule has 0 radical (unpaired) electrons. The molecule has 3 heteroatoms. The van der Waals surface area contributed by atoms with Crippen LogP contribution in [0.25, 0.3) is 10.4 Å². The fourth-order valence-corrected chi connectivity index (χ4v) is 0.103. The summed E-state index contributed by atoms with van der Waals surface area (Å²) in [6, 6.07) is 0.106. The summed E-state index contributed by atoms with van der Waals surface area (Å²) in [4.78, 5) is 2.56. The van der Waals surface area contributed by atoms with Crippen LogP contribution in [0.15, 0.2) is 5.11 Å². The van der Waals surface area contributed by atoms with Gasteiger partial charge < -0.3 is 0 Å². The largest absolute Gasteiger partial charge is 0.0912 e. The monoisotopic (exact) mass is 101 g/mol. The Morgan fingerprint density at radius 2 is 2.00 bits per heavy atom. The van der Waals surface area contributed by atoms with Crippen molar-refractivity contribution < 1.29 is 0 Å². The lowest BCUT2D eigenvalue weighted by molar-refractivity contribution is 0.824. The summed E-state index contributed by atoms with van der Waals surface area (Å²) in [6.45, 7) is 3.67. The predicted molar refractivity (Wildman–Crippen MR) is 31.0 cm³/mol. The van der Waals surface area contributed by atoms with Gasteiger partial charge in [-0.15, -0.1) is 0 Å². The zero-order chi connectivity index (χ0) is 4.99. The highest BCUT2D eigenvalue weighted by Crippen LogP contribution is 1.82. The number of hydrogen-bond acceptors (Lipinski definition) is 1. The van der Waals surface area contributed by atoms with Crippen molar-refractivity contribution in [3.63, 3.8) is 0 Å². The first kappa shape index (κ1) is 9.58. The van der Waals surface area contributed by atoms with E-state index in [-0.39, 0.29) is 13.5 Å². The average Bonchev–Trinajstić information content (AvgIpc) is 1.35. The van der Waals surface area contributed by atoms with Gasteiger partial charge in [0.25, 0.3) is 0 Å². The Balaban J connectivity index is 0. The van der Waals surface area contributed by atoms with Crippen LogP contribution >= 0.6 is 0 Å². The first-order chi connectivity index (χ1) is 2.77. The van der Waals surface area contributed by atoms with Crippen LogP contribution in [-0.2, 0) is 0 Å². The van der Waals surface area contributed by atoms with E-state index in [0.717, 1.165) is 0 Å². The molecule has 0 aliphatic carbocycles. The molecule has 0 aromatic rings. The second-order valence-corrected chi connectivity index (χ2v) is 1.30. The molecule has 0 heterocycles. The molecule has 42 valence electrons. The third kappa shape index (κ3) is 10.9.